The minimum atomic E-state index is -0.844. The molecule has 7 nitrogen and oxygen atoms in total. The molecule has 194 valence electrons. The number of ketones is 1. The second-order valence-electron chi connectivity index (χ2n) is 9.77. The largest absolute Gasteiger partial charge is 0.507 e. The fraction of sp³-hybridized carbons (Fsp3) is 0.333. The maximum Gasteiger partial charge on any atom is 0.296 e. The highest BCUT2D eigenvalue weighted by molar-refractivity contribution is 6.46. The van der Waals surface area contributed by atoms with E-state index in [0.29, 0.717) is 40.9 Å². The molecule has 1 aliphatic rings. The van der Waals surface area contributed by atoms with E-state index >= 15 is 0 Å². The van der Waals surface area contributed by atoms with Gasteiger partial charge in [-0.3, -0.25) is 9.59 Å². The summed E-state index contributed by atoms with van der Waals surface area (Å²) in [4.78, 5) is 28.1. The van der Waals surface area contributed by atoms with Crippen LogP contribution in [-0.2, 0) is 16.1 Å². The van der Waals surface area contributed by atoms with Crippen LogP contribution in [0, 0.1) is 19.8 Å². The number of methoxy groups -OCH3 is 1. The molecule has 1 amide bonds. The van der Waals surface area contributed by atoms with Crippen LogP contribution in [0.2, 0.25) is 0 Å². The molecule has 1 atom stereocenters. The lowest BCUT2D eigenvalue weighted by atomic mass is 9.93. The molecule has 0 aliphatic carbocycles. The van der Waals surface area contributed by atoms with Crippen molar-refractivity contribution in [3.63, 3.8) is 0 Å². The summed E-state index contributed by atoms with van der Waals surface area (Å²) < 4.78 is 17.0. The second kappa shape index (κ2) is 10.9. The molecular formula is C30H33NO6. The van der Waals surface area contributed by atoms with Crippen LogP contribution in [0.15, 0.2) is 64.8 Å². The number of ether oxygens (including phenoxy) is 2. The number of aliphatic hydroxyl groups is 1. The molecule has 1 aromatic heterocycles. The number of furan rings is 1. The summed E-state index contributed by atoms with van der Waals surface area (Å²) in [7, 11) is 1.55. The minimum absolute atomic E-state index is 0.0285. The third-order valence-electron chi connectivity index (χ3n) is 6.55. The summed E-state index contributed by atoms with van der Waals surface area (Å²) in [6, 6.07) is 13.6. The Kier molecular flexibility index (Phi) is 7.71. The van der Waals surface area contributed by atoms with Crippen LogP contribution in [-0.4, -0.2) is 35.4 Å². The Bertz CT molecular complexity index is 1320. The normalized spacial score (nSPS) is 17.0. The van der Waals surface area contributed by atoms with Gasteiger partial charge in [0.15, 0.2) is 11.5 Å². The maximum atomic E-state index is 13.4. The zero-order chi connectivity index (χ0) is 26.7. The van der Waals surface area contributed by atoms with E-state index in [9.17, 15) is 14.7 Å². The average Bonchev–Trinajstić information content (AvgIpc) is 3.47. The van der Waals surface area contributed by atoms with E-state index in [1.807, 2.05) is 32.0 Å². The van der Waals surface area contributed by atoms with Gasteiger partial charge in [0.25, 0.3) is 11.7 Å². The summed E-state index contributed by atoms with van der Waals surface area (Å²) in [6.45, 7) is 8.63. The van der Waals surface area contributed by atoms with E-state index in [1.54, 1.807) is 37.4 Å². The Morgan fingerprint density at radius 2 is 1.86 bits per heavy atom. The summed E-state index contributed by atoms with van der Waals surface area (Å²) in [5, 5.41) is 11.4. The first-order valence-electron chi connectivity index (χ1n) is 12.4. The number of benzene rings is 2. The number of nitrogens with zero attached hydrogens (tertiary/aromatic N) is 1. The molecule has 1 saturated heterocycles. The molecule has 1 aliphatic heterocycles. The minimum Gasteiger partial charge on any atom is -0.507 e. The Morgan fingerprint density at radius 1 is 1.08 bits per heavy atom. The number of hydrogen-bond donors (Lipinski definition) is 1. The van der Waals surface area contributed by atoms with Gasteiger partial charge in [0.1, 0.15) is 11.5 Å². The zero-order valence-corrected chi connectivity index (χ0v) is 21.9. The molecule has 1 N–H and O–H groups in total. The van der Waals surface area contributed by atoms with Crippen LogP contribution in [0.3, 0.4) is 0 Å². The van der Waals surface area contributed by atoms with E-state index in [-0.39, 0.29) is 17.9 Å². The zero-order valence-electron chi connectivity index (χ0n) is 21.9. The average molecular weight is 504 g/mol. The molecule has 7 heteroatoms. The lowest BCUT2D eigenvalue weighted by Gasteiger charge is -2.25. The van der Waals surface area contributed by atoms with Crippen LogP contribution in [0.5, 0.6) is 11.5 Å². The standard InChI is InChI=1S/C30H33NO6/c1-18(2)12-14-37-24-11-10-21(16-25(24)35-5)27-26(28(32)23-15-19(3)8-9-20(23)4)29(33)30(34)31(27)17-22-7-6-13-36-22/h6-11,13,15-16,18,27,32H,12,14,17H2,1-5H3. The van der Waals surface area contributed by atoms with Gasteiger partial charge in [-0.05, 0) is 67.6 Å². The van der Waals surface area contributed by atoms with E-state index in [4.69, 9.17) is 13.9 Å². The van der Waals surface area contributed by atoms with E-state index in [2.05, 4.69) is 13.8 Å². The van der Waals surface area contributed by atoms with Crippen LogP contribution >= 0.6 is 0 Å². The molecule has 2 heterocycles. The first kappa shape index (κ1) is 26.1. The van der Waals surface area contributed by atoms with Crippen molar-refractivity contribution in [2.24, 2.45) is 5.92 Å². The Labute approximate surface area is 217 Å². The SMILES string of the molecule is COc1cc(C2C(=C(O)c3cc(C)ccc3C)C(=O)C(=O)N2Cc2ccco2)ccc1OCCC(C)C. The van der Waals surface area contributed by atoms with Crippen molar-refractivity contribution in [2.45, 2.75) is 46.7 Å². The topological polar surface area (TPSA) is 89.2 Å². The molecule has 3 aromatic rings. The number of likely N-dealkylation sites (tertiary alicyclic amines) is 1. The number of carbonyl (C=O) groups is 2. The van der Waals surface area contributed by atoms with Gasteiger partial charge in [-0.2, -0.15) is 0 Å². The lowest BCUT2D eigenvalue weighted by Crippen LogP contribution is -2.29. The maximum absolute atomic E-state index is 13.4. The first-order valence-corrected chi connectivity index (χ1v) is 12.4. The van der Waals surface area contributed by atoms with Crippen molar-refractivity contribution in [3.05, 3.63) is 88.4 Å². The van der Waals surface area contributed by atoms with Gasteiger partial charge in [0.2, 0.25) is 0 Å². The summed E-state index contributed by atoms with van der Waals surface area (Å²) in [5.74, 6) is 0.426. The van der Waals surface area contributed by atoms with Crippen molar-refractivity contribution in [2.75, 3.05) is 13.7 Å². The smallest absolute Gasteiger partial charge is 0.296 e. The Balaban J connectivity index is 1.83. The van der Waals surface area contributed by atoms with E-state index in [0.717, 1.165) is 17.5 Å². The Hall–Kier alpha value is -4.00. The highest BCUT2D eigenvalue weighted by Gasteiger charge is 2.46. The number of Topliss-reactive ketones (excluding diaryl/α,β-unsaturated/α-hetero) is 1. The predicted molar refractivity (Wildman–Crippen MR) is 140 cm³/mol. The van der Waals surface area contributed by atoms with Crippen LogP contribution < -0.4 is 9.47 Å². The molecule has 2 aromatic carbocycles. The van der Waals surface area contributed by atoms with E-state index < -0.39 is 17.7 Å². The number of amides is 1. The predicted octanol–water partition coefficient (Wildman–Crippen LogP) is 5.95. The fourth-order valence-electron chi connectivity index (χ4n) is 4.47. The number of aryl methyl sites for hydroxylation is 2. The molecular weight excluding hydrogens is 470 g/mol. The summed E-state index contributed by atoms with van der Waals surface area (Å²) >= 11 is 0. The van der Waals surface area contributed by atoms with Gasteiger partial charge in [-0.25, -0.2) is 0 Å². The van der Waals surface area contributed by atoms with Crippen LogP contribution in [0.4, 0.5) is 0 Å². The highest BCUT2D eigenvalue weighted by Crippen LogP contribution is 2.43. The quantitative estimate of drug-likeness (QED) is 0.220. The van der Waals surface area contributed by atoms with Crippen molar-refractivity contribution in [1.29, 1.82) is 0 Å². The van der Waals surface area contributed by atoms with Crippen molar-refractivity contribution < 1.29 is 28.6 Å². The lowest BCUT2D eigenvalue weighted by molar-refractivity contribution is -0.140. The van der Waals surface area contributed by atoms with Crippen LogP contribution in [0.1, 0.15) is 54.3 Å². The van der Waals surface area contributed by atoms with Gasteiger partial charge >= 0.3 is 0 Å². The van der Waals surface area contributed by atoms with E-state index in [1.165, 1.54) is 11.2 Å². The molecule has 0 saturated carbocycles. The van der Waals surface area contributed by atoms with Gasteiger partial charge in [-0.15, -0.1) is 0 Å². The molecule has 0 spiro atoms. The molecule has 37 heavy (non-hydrogen) atoms. The van der Waals surface area contributed by atoms with Crippen molar-refractivity contribution in [3.8, 4) is 11.5 Å². The van der Waals surface area contributed by atoms with Gasteiger partial charge in [-0.1, -0.05) is 37.6 Å². The first-order chi connectivity index (χ1) is 17.7. The molecule has 4 rings (SSSR count). The third kappa shape index (κ3) is 5.40. The Morgan fingerprint density at radius 3 is 2.54 bits per heavy atom. The third-order valence-corrected chi connectivity index (χ3v) is 6.55. The molecule has 1 unspecified atom stereocenters. The monoisotopic (exact) mass is 503 g/mol. The summed E-state index contributed by atoms with van der Waals surface area (Å²) in [6.07, 6.45) is 2.41. The van der Waals surface area contributed by atoms with Gasteiger partial charge in [0, 0.05) is 5.56 Å². The number of rotatable bonds is 9. The van der Waals surface area contributed by atoms with Crippen LogP contribution in [0.25, 0.3) is 5.76 Å². The number of carbonyl (C=O) groups excluding carboxylic acids is 2. The van der Waals surface area contributed by atoms with Crippen molar-refractivity contribution >= 4 is 17.4 Å². The van der Waals surface area contributed by atoms with Gasteiger partial charge in [0.05, 0.1) is 38.1 Å². The molecule has 1 fully saturated rings. The van der Waals surface area contributed by atoms with Gasteiger partial charge < -0.3 is 23.9 Å². The highest BCUT2D eigenvalue weighted by atomic mass is 16.5. The summed E-state index contributed by atoms with van der Waals surface area (Å²) in [5.41, 5.74) is 2.89. The number of aliphatic hydroxyl groups excluding tert-OH is 1. The number of hydrogen-bond acceptors (Lipinski definition) is 6. The molecule has 0 bridgehead atoms. The molecule has 0 radical (unpaired) electrons. The fourth-order valence-corrected chi connectivity index (χ4v) is 4.47. The second-order valence-corrected chi connectivity index (χ2v) is 9.77. The van der Waals surface area contributed by atoms with Crippen molar-refractivity contribution in [1.82, 2.24) is 4.90 Å².